The summed E-state index contributed by atoms with van der Waals surface area (Å²) in [5.74, 6) is 0. The molecule has 0 radical (unpaired) electrons. The van der Waals surface area contributed by atoms with Crippen molar-refractivity contribution in [1.82, 2.24) is 0 Å². The molecule has 0 spiro atoms. The van der Waals surface area contributed by atoms with Crippen LogP contribution in [-0.2, 0) is 0 Å². The number of aliphatic imine (C=N–C) groups is 2. The first-order chi connectivity index (χ1) is 5.38. The Labute approximate surface area is 66.3 Å². The maximum atomic E-state index is 3.90. The van der Waals surface area contributed by atoms with E-state index in [1.54, 1.807) is 13.3 Å². The Hall–Kier alpha value is -1.44. The van der Waals surface area contributed by atoms with Crippen molar-refractivity contribution in [1.29, 1.82) is 0 Å². The summed E-state index contributed by atoms with van der Waals surface area (Å²) in [5, 5.41) is 0. The summed E-state index contributed by atoms with van der Waals surface area (Å²) in [6.07, 6.45) is 1.77. The molecular weight excluding hydrogens is 136 g/mol. The van der Waals surface area contributed by atoms with E-state index in [4.69, 9.17) is 0 Å². The second-order valence-electron chi connectivity index (χ2n) is 2.10. The van der Waals surface area contributed by atoms with Crippen LogP contribution in [0.4, 0.5) is 5.69 Å². The minimum absolute atomic E-state index is 0.873. The van der Waals surface area contributed by atoms with Crippen molar-refractivity contribution in [2.45, 2.75) is 0 Å². The number of para-hydroxylation sites is 1. The first kappa shape index (κ1) is 7.66. The van der Waals surface area contributed by atoms with E-state index >= 15 is 0 Å². The normalized spacial score (nSPS) is 10.3. The molecule has 0 aliphatic rings. The Kier molecular flexibility index (Phi) is 2.55. The highest BCUT2D eigenvalue weighted by Crippen LogP contribution is 2.14. The third kappa shape index (κ3) is 1.74. The summed E-state index contributed by atoms with van der Waals surface area (Å²) >= 11 is 0. The maximum absolute atomic E-state index is 3.90. The van der Waals surface area contributed by atoms with Crippen molar-refractivity contribution in [2.75, 3.05) is 7.05 Å². The average Bonchev–Trinajstić information content (AvgIpc) is 2.06. The van der Waals surface area contributed by atoms with E-state index in [1.807, 2.05) is 24.3 Å². The fraction of sp³-hybridized carbons (Fsp3) is 0.111. The van der Waals surface area contributed by atoms with Crippen LogP contribution >= 0.6 is 0 Å². The van der Waals surface area contributed by atoms with Gasteiger partial charge in [-0.2, -0.15) is 0 Å². The fourth-order valence-corrected chi connectivity index (χ4v) is 0.880. The molecule has 2 nitrogen and oxygen atoms in total. The van der Waals surface area contributed by atoms with Gasteiger partial charge in [0, 0.05) is 18.8 Å². The highest BCUT2D eigenvalue weighted by Gasteiger charge is 1.92. The monoisotopic (exact) mass is 146 g/mol. The minimum atomic E-state index is 0.873. The second kappa shape index (κ2) is 3.66. The van der Waals surface area contributed by atoms with Crippen LogP contribution in [-0.4, -0.2) is 20.0 Å². The highest BCUT2D eigenvalue weighted by atomic mass is 14.7. The predicted molar refractivity (Wildman–Crippen MR) is 49.2 cm³/mol. The smallest absolute Gasteiger partial charge is 0.0710 e. The first-order valence-electron chi connectivity index (χ1n) is 3.36. The third-order valence-electron chi connectivity index (χ3n) is 1.38. The van der Waals surface area contributed by atoms with Crippen molar-refractivity contribution in [3.8, 4) is 0 Å². The molecule has 0 saturated carbocycles. The van der Waals surface area contributed by atoms with E-state index in [2.05, 4.69) is 16.7 Å². The SMILES string of the molecule is C=Nc1ccccc1/C=N\C. The molecular formula is C9H10N2. The molecule has 0 aliphatic carbocycles. The molecule has 0 bridgehead atoms. The van der Waals surface area contributed by atoms with E-state index in [0.29, 0.717) is 0 Å². The Bertz CT molecular complexity index is 277. The zero-order valence-electron chi connectivity index (χ0n) is 6.49. The summed E-state index contributed by atoms with van der Waals surface area (Å²) < 4.78 is 0. The van der Waals surface area contributed by atoms with Crippen LogP contribution < -0.4 is 0 Å². The lowest BCUT2D eigenvalue weighted by Gasteiger charge is -1.96. The maximum Gasteiger partial charge on any atom is 0.0710 e. The van der Waals surface area contributed by atoms with Gasteiger partial charge >= 0.3 is 0 Å². The summed E-state index contributed by atoms with van der Waals surface area (Å²) in [6, 6.07) is 7.74. The van der Waals surface area contributed by atoms with Gasteiger partial charge in [-0.05, 0) is 12.8 Å². The number of nitrogens with zero attached hydrogens (tertiary/aromatic N) is 2. The number of hydrogen-bond donors (Lipinski definition) is 0. The average molecular weight is 146 g/mol. The van der Waals surface area contributed by atoms with Gasteiger partial charge < -0.3 is 0 Å². The van der Waals surface area contributed by atoms with Crippen LogP contribution in [0.15, 0.2) is 34.3 Å². The van der Waals surface area contributed by atoms with Crippen LogP contribution in [0, 0.1) is 0 Å². The van der Waals surface area contributed by atoms with Crippen LogP contribution in [0.2, 0.25) is 0 Å². The largest absolute Gasteiger partial charge is 0.296 e. The lowest BCUT2D eigenvalue weighted by Crippen LogP contribution is -1.79. The Morgan fingerprint density at radius 2 is 2.09 bits per heavy atom. The Balaban J connectivity index is 3.11. The lowest BCUT2D eigenvalue weighted by atomic mass is 10.2. The molecule has 0 unspecified atom stereocenters. The van der Waals surface area contributed by atoms with E-state index in [-0.39, 0.29) is 0 Å². The van der Waals surface area contributed by atoms with Crippen molar-refractivity contribution in [3.05, 3.63) is 29.8 Å². The number of hydrogen-bond acceptors (Lipinski definition) is 2. The molecule has 0 aliphatic heterocycles. The third-order valence-corrected chi connectivity index (χ3v) is 1.38. The van der Waals surface area contributed by atoms with Gasteiger partial charge in [0.1, 0.15) is 0 Å². The molecule has 0 amide bonds. The highest BCUT2D eigenvalue weighted by molar-refractivity contribution is 5.86. The lowest BCUT2D eigenvalue weighted by molar-refractivity contribution is 1.45. The number of rotatable bonds is 2. The van der Waals surface area contributed by atoms with Gasteiger partial charge in [-0.3, -0.25) is 9.98 Å². The van der Waals surface area contributed by atoms with Crippen molar-refractivity contribution >= 4 is 18.6 Å². The van der Waals surface area contributed by atoms with E-state index in [0.717, 1.165) is 11.3 Å². The quantitative estimate of drug-likeness (QED) is 0.570. The molecule has 0 atom stereocenters. The molecule has 11 heavy (non-hydrogen) atoms. The van der Waals surface area contributed by atoms with Gasteiger partial charge in [0.25, 0.3) is 0 Å². The predicted octanol–water partition coefficient (Wildman–Crippen LogP) is 2.07. The summed E-state index contributed by atoms with van der Waals surface area (Å²) in [4.78, 5) is 7.75. The Morgan fingerprint density at radius 3 is 2.73 bits per heavy atom. The molecule has 0 aromatic heterocycles. The van der Waals surface area contributed by atoms with Crippen LogP contribution in [0.25, 0.3) is 0 Å². The molecule has 0 saturated heterocycles. The van der Waals surface area contributed by atoms with E-state index < -0.39 is 0 Å². The second-order valence-corrected chi connectivity index (χ2v) is 2.10. The molecule has 0 fully saturated rings. The van der Waals surface area contributed by atoms with Gasteiger partial charge in [0.2, 0.25) is 0 Å². The van der Waals surface area contributed by atoms with Crippen LogP contribution in [0.5, 0.6) is 0 Å². The Morgan fingerprint density at radius 1 is 1.36 bits per heavy atom. The van der Waals surface area contributed by atoms with Gasteiger partial charge in [0.05, 0.1) is 5.69 Å². The number of benzene rings is 1. The van der Waals surface area contributed by atoms with Crippen molar-refractivity contribution < 1.29 is 0 Å². The summed E-state index contributed by atoms with van der Waals surface area (Å²) in [5.41, 5.74) is 1.88. The standard InChI is InChI=1S/C9H10N2/c1-10-7-8-5-3-4-6-9(8)11-2/h3-7H,2H2,1H3/b10-7-. The fourth-order valence-electron chi connectivity index (χ4n) is 0.880. The molecule has 0 heterocycles. The molecule has 0 N–H and O–H groups in total. The molecule has 1 aromatic rings. The van der Waals surface area contributed by atoms with Crippen molar-refractivity contribution in [2.24, 2.45) is 9.98 Å². The van der Waals surface area contributed by atoms with Gasteiger partial charge in [-0.25, -0.2) is 0 Å². The van der Waals surface area contributed by atoms with Gasteiger partial charge in [0.15, 0.2) is 0 Å². The van der Waals surface area contributed by atoms with Crippen LogP contribution in [0.3, 0.4) is 0 Å². The van der Waals surface area contributed by atoms with E-state index in [9.17, 15) is 0 Å². The molecule has 56 valence electrons. The van der Waals surface area contributed by atoms with Crippen LogP contribution in [0.1, 0.15) is 5.56 Å². The van der Waals surface area contributed by atoms with Gasteiger partial charge in [-0.15, -0.1) is 0 Å². The zero-order chi connectivity index (χ0) is 8.10. The summed E-state index contributed by atoms with van der Waals surface area (Å²) in [7, 11) is 1.74. The topological polar surface area (TPSA) is 24.7 Å². The molecule has 1 rings (SSSR count). The molecule has 2 heteroatoms. The zero-order valence-corrected chi connectivity index (χ0v) is 6.49. The van der Waals surface area contributed by atoms with Crippen molar-refractivity contribution in [3.63, 3.8) is 0 Å². The van der Waals surface area contributed by atoms with E-state index in [1.165, 1.54) is 0 Å². The van der Waals surface area contributed by atoms with Gasteiger partial charge in [-0.1, -0.05) is 18.2 Å². The molecule has 1 aromatic carbocycles. The summed E-state index contributed by atoms with van der Waals surface area (Å²) in [6.45, 7) is 3.46. The first-order valence-corrected chi connectivity index (χ1v) is 3.36. The minimum Gasteiger partial charge on any atom is -0.296 e.